The minimum absolute atomic E-state index is 0.253. The molecule has 3 heteroatoms. The number of rotatable bonds is 1. The lowest BCUT2D eigenvalue weighted by atomic mass is 10.2. The maximum atomic E-state index is 4.57. The largest absolute Gasteiger partial charge is 0.315 e. The highest BCUT2D eigenvalue weighted by atomic mass is 15.0. The Balaban J connectivity index is 2.06. The van der Waals surface area contributed by atoms with E-state index in [1.807, 2.05) is 24.4 Å². The summed E-state index contributed by atoms with van der Waals surface area (Å²) < 4.78 is 0. The summed E-state index contributed by atoms with van der Waals surface area (Å²) in [6.07, 6.45) is 2.97. The summed E-state index contributed by atoms with van der Waals surface area (Å²) in [4.78, 5) is 4.31. The van der Waals surface area contributed by atoms with E-state index >= 15 is 0 Å². The van der Waals surface area contributed by atoms with Crippen molar-refractivity contribution >= 4 is 0 Å². The minimum Gasteiger partial charge on any atom is -0.315 e. The molecule has 0 saturated carbocycles. The van der Waals surface area contributed by atoms with Gasteiger partial charge >= 0.3 is 0 Å². The molecule has 0 aromatic carbocycles. The Hall–Kier alpha value is -0.930. The molecule has 1 saturated heterocycles. The van der Waals surface area contributed by atoms with Crippen LogP contribution in [0.3, 0.4) is 0 Å². The van der Waals surface area contributed by atoms with Gasteiger partial charge in [-0.05, 0) is 25.1 Å². The number of hydrogen-bond donors (Lipinski definition) is 1. The molecule has 1 radical (unpaired) electrons. The van der Waals surface area contributed by atoms with Gasteiger partial charge in [-0.3, -0.25) is 4.98 Å². The monoisotopic (exact) mass is 176 g/mol. The van der Waals surface area contributed by atoms with Crippen LogP contribution in [0.2, 0.25) is 0 Å². The highest BCUT2D eigenvalue weighted by Crippen LogP contribution is 2.10. The van der Waals surface area contributed by atoms with Crippen LogP contribution in [0.4, 0.5) is 0 Å². The number of nitrogens with one attached hydrogen (secondary N) is 1. The molecular weight excluding hydrogens is 162 g/mol. The zero-order valence-electron chi connectivity index (χ0n) is 7.61. The summed E-state index contributed by atoms with van der Waals surface area (Å²) in [5, 5.41) is 7.93. The predicted octanol–water partition coefficient (Wildman–Crippen LogP) is 0.720. The standard InChI is InChI=1S/C10H14N3/c1-2-6-12-9(4-1)10-8-11-5-3-7-13-10/h1-2,4,6,10-11H,3,5,7-8H2. The Morgan fingerprint density at radius 3 is 3.23 bits per heavy atom. The Morgan fingerprint density at radius 1 is 1.38 bits per heavy atom. The summed E-state index contributed by atoms with van der Waals surface area (Å²) in [5.41, 5.74) is 1.08. The van der Waals surface area contributed by atoms with Crippen LogP contribution >= 0.6 is 0 Å². The first-order valence-corrected chi connectivity index (χ1v) is 4.75. The van der Waals surface area contributed by atoms with Gasteiger partial charge in [0.25, 0.3) is 0 Å². The van der Waals surface area contributed by atoms with Crippen molar-refractivity contribution in [3.05, 3.63) is 30.1 Å². The van der Waals surface area contributed by atoms with Gasteiger partial charge in [-0.15, -0.1) is 0 Å². The highest BCUT2D eigenvalue weighted by molar-refractivity contribution is 5.09. The quantitative estimate of drug-likeness (QED) is 0.684. The Labute approximate surface area is 78.6 Å². The molecule has 0 aliphatic carbocycles. The lowest BCUT2D eigenvalue weighted by Crippen LogP contribution is -2.23. The first-order chi connectivity index (χ1) is 6.47. The molecule has 0 spiro atoms. The summed E-state index contributed by atoms with van der Waals surface area (Å²) in [7, 11) is 0. The van der Waals surface area contributed by atoms with Gasteiger partial charge in [0, 0.05) is 19.3 Å². The number of aromatic nitrogens is 1. The average Bonchev–Trinajstić information content (AvgIpc) is 2.47. The fraction of sp³-hybridized carbons (Fsp3) is 0.500. The second kappa shape index (κ2) is 4.35. The molecule has 1 aliphatic heterocycles. The summed E-state index contributed by atoms with van der Waals surface area (Å²) >= 11 is 0. The van der Waals surface area contributed by atoms with Gasteiger partial charge in [-0.25, -0.2) is 5.32 Å². The van der Waals surface area contributed by atoms with Crippen LogP contribution < -0.4 is 10.6 Å². The van der Waals surface area contributed by atoms with Crippen molar-refractivity contribution in [3.63, 3.8) is 0 Å². The SMILES string of the molecule is c1ccc(C2CNCCC[N]2)nc1. The van der Waals surface area contributed by atoms with E-state index in [2.05, 4.69) is 15.6 Å². The molecule has 3 nitrogen and oxygen atoms in total. The van der Waals surface area contributed by atoms with Crippen LogP contribution in [-0.2, 0) is 0 Å². The minimum atomic E-state index is 0.253. The van der Waals surface area contributed by atoms with E-state index in [1.165, 1.54) is 0 Å². The molecule has 2 rings (SSSR count). The van der Waals surface area contributed by atoms with Crippen LogP contribution in [0.15, 0.2) is 24.4 Å². The third kappa shape index (κ3) is 2.26. The topological polar surface area (TPSA) is 39.0 Å². The molecule has 0 bridgehead atoms. The van der Waals surface area contributed by atoms with Crippen LogP contribution in [0.25, 0.3) is 0 Å². The van der Waals surface area contributed by atoms with Crippen LogP contribution in [0.1, 0.15) is 18.2 Å². The molecule has 1 aromatic rings. The van der Waals surface area contributed by atoms with Gasteiger partial charge in [-0.1, -0.05) is 6.07 Å². The lowest BCUT2D eigenvalue weighted by Gasteiger charge is -2.12. The average molecular weight is 176 g/mol. The fourth-order valence-electron chi connectivity index (χ4n) is 1.53. The Morgan fingerprint density at radius 2 is 2.38 bits per heavy atom. The molecule has 1 N–H and O–H groups in total. The Kier molecular flexibility index (Phi) is 2.90. The predicted molar refractivity (Wildman–Crippen MR) is 51.5 cm³/mol. The van der Waals surface area contributed by atoms with E-state index in [0.717, 1.165) is 31.7 Å². The van der Waals surface area contributed by atoms with Crippen molar-refractivity contribution < 1.29 is 0 Å². The van der Waals surface area contributed by atoms with E-state index in [9.17, 15) is 0 Å². The summed E-state index contributed by atoms with van der Waals surface area (Å²) in [6, 6.07) is 6.25. The van der Waals surface area contributed by atoms with Crippen molar-refractivity contribution in [1.29, 1.82) is 0 Å². The molecule has 1 aliphatic rings. The van der Waals surface area contributed by atoms with Crippen molar-refractivity contribution in [2.45, 2.75) is 12.5 Å². The first-order valence-electron chi connectivity index (χ1n) is 4.75. The lowest BCUT2D eigenvalue weighted by molar-refractivity contribution is 0.529. The second-order valence-corrected chi connectivity index (χ2v) is 3.23. The van der Waals surface area contributed by atoms with Crippen molar-refractivity contribution in [3.8, 4) is 0 Å². The van der Waals surface area contributed by atoms with Crippen LogP contribution in [0, 0.1) is 0 Å². The number of hydrogen-bond acceptors (Lipinski definition) is 2. The molecule has 1 fully saturated rings. The van der Waals surface area contributed by atoms with Gasteiger partial charge in [0.15, 0.2) is 0 Å². The smallest absolute Gasteiger partial charge is 0.0791 e. The zero-order valence-corrected chi connectivity index (χ0v) is 7.61. The Bertz CT molecular complexity index is 240. The van der Waals surface area contributed by atoms with Crippen molar-refractivity contribution in [2.75, 3.05) is 19.6 Å². The normalized spacial score (nSPS) is 23.8. The van der Waals surface area contributed by atoms with Gasteiger partial charge in [-0.2, -0.15) is 0 Å². The van der Waals surface area contributed by atoms with Crippen LogP contribution in [-0.4, -0.2) is 24.6 Å². The van der Waals surface area contributed by atoms with E-state index in [0.29, 0.717) is 0 Å². The number of nitrogens with zero attached hydrogens (tertiary/aromatic N) is 2. The van der Waals surface area contributed by atoms with Crippen molar-refractivity contribution in [1.82, 2.24) is 15.6 Å². The molecule has 1 aromatic heterocycles. The van der Waals surface area contributed by atoms with Gasteiger partial charge in [0.1, 0.15) is 0 Å². The maximum Gasteiger partial charge on any atom is 0.0791 e. The fourth-order valence-corrected chi connectivity index (χ4v) is 1.53. The van der Waals surface area contributed by atoms with Crippen LogP contribution in [0.5, 0.6) is 0 Å². The van der Waals surface area contributed by atoms with Crippen molar-refractivity contribution in [2.24, 2.45) is 0 Å². The van der Waals surface area contributed by atoms with E-state index < -0.39 is 0 Å². The molecule has 13 heavy (non-hydrogen) atoms. The molecule has 1 atom stereocenters. The van der Waals surface area contributed by atoms with E-state index in [1.54, 1.807) is 0 Å². The van der Waals surface area contributed by atoms with Gasteiger partial charge in [0.05, 0.1) is 11.7 Å². The van der Waals surface area contributed by atoms with Gasteiger partial charge in [0.2, 0.25) is 0 Å². The summed E-state index contributed by atoms with van der Waals surface area (Å²) in [5.74, 6) is 0. The highest BCUT2D eigenvalue weighted by Gasteiger charge is 2.14. The molecular formula is C10H14N3. The molecule has 1 unspecified atom stereocenters. The second-order valence-electron chi connectivity index (χ2n) is 3.23. The number of pyridine rings is 1. The maximum absolute atomic E-state index is 4.57. The molecule has 69 valence electrons. The summed E-state index contributed by atoms with van der Waals surface area (Å²) in [6.45, 7) is 2.96. The first kappa shape index (κ1) is 8.66. The van der Waals surface area contributed by atoms with Gasteiger partial charge < -0.3 is 5.32 Å². The zero-order chi connectivity index (χ0) is 8.93. The third-order valence-corrected chi connectivity index (χ3v) is 2.23. The molecule has 2 heterocycles. The van der Waals surface area contributed by atoms with E-state index in [4.69, 9.17) is 0 Å². The third-order valence-electron chi connectivity index (χ3n) is 2.23. The van der Waals surface area contributed by atoms with E-state index in [-0.39, 0.29) is 6.04 Å². The molecule has 0 amide bonds.